The highest BCUT2D eigenvalue weighted by Gasteiger charge is 2.15. The molecule has 7 heteroatoms. The topological polar surface area (TPSA) is 71.1 Å². The van der Waals surface area contributed by atoms with Gasteiger partial charge in [-0.05, 0) is 24.3 Å². The van der Waals surface area contributed by atoms with E-state index in [1.165, 1.54) is 18.3 Å². The molecule has 0 saturated carbocycles. The van der Waals surface area contributed by atoms with Crippen molar-refractivity contribution in [3.63, 3.8) is 0 Å². The van der Waals surface area contributed by atoms with Crippen LogP contribution in [0.5, 0.6) is 0 Å². The van der Waals surface area contributed by atoms with E-state index in [1.54, 1.807) is 18.2 Å². The number of amides is 2. The summed E-state index contributed by atoms with van der Waals surface area (Å²) in [5.41, 5.74) is 0.0752. The third kappa shape index (κ3) is 4.02. The maximum absolute atomic E-state index is 13.5. The number of carbonyl (C=O) groups excluding carboxylic acids is 2. The molecule has 0 aliphatic heterocycles. The second-order valence-electron chi connectivity index (χ2n) is 4.32. The molecule has 2 rings (SSSR count). The number of hydrogen-bond acceptors (Lipinski definition) is 3. The maximum Gasteiger partial charge on any atom is 0.269 e. The lowest BCUT2D eigenvalue weighted by molar-refractivity contribution is 0.0923. The van der Waals surface area contributed by atoms with E-state index < -0.39 is 11.7 Å². The average Bonchev–Trinajstić information content (AvgIpc) is 2.52. The van der Waals surface area contributed by atoms with Crippen molar-refractivity contribution in [1.29, 1.82) is 0 Å². The van der Waals surface area contributed by atoms with E-state index in [0.717, 1.165) is 6.07 Å². The van der Waals surface area contributed by atoms with Crippen molar-refractivity contribution >= 4 is 23.4 Å². The number of carbonyl (C=O) groups is 2. The van der Waals surface area contributed by atoms with E-state index in [-0.39, 0.29) is 35.3 Å². The molecule has 22 heavy (non-hydrogen) atoms. The van der Waals surface area contributed by atoms with Crippen molar-refractivity contribution in [2.24, 2.45) is 0 Å². The number of pyridine rings is 1. The Balaban J connectivity index is 1.82. The van der Waals surface area contributed by atoms with E-state index in [1.807, 2.05) is 0 Å². The Kier molecular flexibility index (Phi) is 5.43. The van der Waals surface area contributed by atoms with Gasteiger partial charge in [-0.1, -0.05) is 23.7 Å². The van der Waals surface area contributed by atoms with Crippen LogP contribution in [-0.2, 0) is 0 Å². The molecule has 2 amide bonds. The van der Waals surface area contributed by atoms with Crippen LogP contribution >= 0.6 is 11.6 Å². The van der Waals surface area contributed by atoms with Crippen LogP contribution in [0.4, 0.5) is 4.39 Å². The second kappa shape index (κ2) is 7.51. The molecule has 0 spiro atoms. The average molecular weight is 322 g/mol. The Bertz CT molecular complexity index is 659. The number of hydrogen-bond donors (Lipinski definition) is 2. The molecule has 0 saturated heterocycles. The lowest BCUT2D eigenvalue weighted by Crippen LogP contribution is -2.35. The van der Waals surface area contributed by atoms with E-state index in [2.05, 4.69) is 15.6 Å². The molecule has 0 radical (unpaired) electrons. The number of halogens is 2. The van der Waals surface area contributed by atoms with Crippen molar-refractivity contribution in [3.05, 3.63) is 64.7 Å². The normalized spacial score (nSPS) is 10.1. The van der Waals surface area contributed by atoms with Crippen LogP contribution < -0.4 is 10.6 Å². The number of nitrogens with zero attached hydrogens (tertiary/aromatic N) is 1. The highest BCUT2D eigenvalue weighted by Crippen LogP contribution is 2.18. The Labute approximate surface area is 131 Å². The Hall–Kier alpha value is -2.47. The molecular weight excluding hydrogens is 309 g/mol. The minimum atomic E-state index is -0.692. The number of nitrogens with one attached hydrogen (secondary N) is 2. The summed E-state index contributed by atoms with van der Waals surface area (Å²) < 4.78 is 13.5. The van der Waals surface area contributed by atoms with E-state index in [0.29, 0.717) is 0 Å². The summed E-state index contributed by atoms with van der Waals surface area (Å²) in [6.07, 6.45) is 1.51. The Morgan fingerprint density at radius 1 is 1.05 bits per heavy atom. The highest BCUT2D eigenvalue weighted by molar-refractivity contribution is 6.33. The summed E-state index contributed by atoms with van der Waals surface area (Å²) in [6, 6.07) is 8.99. The van der Waals surface area contributed by atoms with Gasteiger partial charge in [-0.2, -0.15) is 0 Å². The molecule has 1 aromatic carbocycles. The van der Waals surface area contributed by atoms with E-state index in [4.69, 9.17) is 11.6 Å². The zero-order valence-corrected chi connectivity index (χ0v) is 12.2. The zero-order chi connectivity index (χ0) is 15.9. The molecule has 1 heterocycles. The first-order chi connectivity index (χ1) is 10.6. The molecular formula is C15H13ClFN3O2. The van der Waals surface area contributed by atoms with Gasteiger partial charge in [-0.25, -0.2) is 4.39 Å². The van der Waals surface area contributed by atoms with Crippen molar-refractivity contribution in [2.45, 2.75) is 0 Å². The summed E-state index contributed by atoms with van der Waals surface area (Å²) >= 11 is 5.79. The lowest BCUT2D eigenvalue weighted by atomic mass is 10.2. The fraction of sp³-hybridized carbons (Fsp3) is 0.133. The van der Waals surface area contributed by atoms with Gasteiger partial charge in [0.05, 0.1) is 10.6 Å². The van der Waals surface area contributed by atoms with Crippen LogP contribution in [0.1, 0.15) is 20.8 Å². The number of aromatic nitrogens is 1. The van der Waals surface area contributed by atoms with Gasteiger partial charge in [0.25, 0.3) is 11.8 Å². The number of rotatable bonds is 5. The first kappa shape index (κ1) is 15.9. The summed E-state index contributed by atoms with van der Waals surface area (Å²) in [7, 11) is 0. The molecule has 2 N–H and O–H groups in total. The first-order valence-electron chi connectivity index (χ1n) is 6.51. The van der Waals surface area contributed by atoms with Crippen molar-refractivity contribution < 1.29 is 14.0 Å². The van der Waals surface area contributed by atoms with Crippen LogP contribution in [0, 0.1) is 5.82 Å². The van der Waals surface area contributed by atoms with Gasteiger partial charge in [0.15, 0.2) is 0 Å². The van der Waals surface area contributed by atoms with Gasteiger partial charge in [0, 0.05) is 19.3 Å². The lowest BCUT2D eigenvalue weighted by Gasteiger charge is -2.08. The summed E-state index contributed by atoms with van der Waals surface area (Å²) in [5.74, 6) is -1.67. The molecule has 0 bridgehead atoms. The molecule has 5 nitrogen and oxygen atoms in total. The van der Waals surface area contributed by atoms with Crippen molar-refractivity contribution in [3.8, 4) is 0 Å². The Morgan fingerprint density at radius 2 is 1.77 bits per heavy atom. The van der Waals surface area contributed by atoms with E-state index >= 15 is 0 Å². The highest BCUT2D eigenvalue weighted by atomic mass is 35.5. The summed E-state index contributed by atoms with van der Waals surface area (Å²) in [5, 5.41) is 5.12. The van der Waals surface area contributed by atoms with Gasteiger partial charge < -0.3 is 10.6 Å². The molecule has 0 fully saturated rings. The van der Waals surface area contributed by atoms with Crippen LogP contribution in [0.25, 0.3) is 0 Å². The summed E-state index contributed by atoms with van der Waals surface area (Å²) in [6.45, 7) is 0.329. The van der Waals surface area contributed by atoms with Gasteiger partial charge in [0.1, 0.15) is 11.5 Å². The Morgan fingerprint density at radius 3 is 2.41 bits per heavy atom. The fourth-order valence-corrected chi connectivity index (χ4v) is 1.99. The molecule has 2 aromatic rings. The van der Waals surface area contributed by atoms with Gasteiger partial charge in [0.2, 0.25) is 0 Å². The standard InChI is InChI=1S/C15H13ClFN3O2/c16-10-4-3-5-11(17)13(10)15(22)20-9-8-19-14(21)12-6-1-2-7-18-12/h1-7H,8-9H2,(H,19,21)(H,20,22). The fourth-order valence-electron chi connectivity index (χ4n) is 1.74. The molecule has 1 aromatic heterocycles. The van der Waals surface area contributed by atoms with Gasteiger partial charge in [-0.3, -0.25) is 14.6 Å². The molecule has 0 atom stereocenters. The molecule has 0 aliphatic carbocycles. The first-order valence-corrected chi connectivity index (χ1v) is 6.89. The second-order valence-corrected chi connectivity index (χ2v) is 4.73. The maximum atomic E-state index is 13.5. The number of benzene rings is 1. The third-order valence-corrected chi connectivity index (χ3v) is 3.10. The van der Waals surface area contributed by atoms with Gasteiger partial charge in [-0.15, -0.1) is 0 Å². The van der Waals surface area contributed by atoms with Crippen molar-refractivity contribution in [1.82, 2.24) is 15.6 Å². The molecule has 114 valence electrons. The van der Waals surface area contributed by atoms with Crippen LogP contribution in [0.15, 0.2) is 42.6 Å². The minimum Gasteiger partial charge on any atom is -0.350 e. The minimum absolute atomic E-state index is 0.0371. The quantitative estimate of drug-likeness (QED) is 0.828. The predicted molar refractivity (Wildman–Crippen MR) is 80.3 cm³/mol. The predicted octanol–water partition coefficient (Wildman–Crippen LogP) is 2.03. The SMILES string of the molecule is O=C(NCCNC(=O)c1c(F)cccc1Cl)c1ccccn1. The smallest absolute Gasteiger partial charge is 0.269 e. The zero-order valence-electron chi connectivity index (χ0n) is 11.5. The largest absolute Gasteiger partial charge is 0.350 e. The van der Waals surface area contributed by atoms with Crippen LogP contribution in [-0.4, -0.2) is 29.9 Å². The van der Waals surface area contributed by atoms with Crippen LogP contribution in [0.3, 0.4) is 0 Å². The van der Waals surface area contributed by atoms with Gasteiger partial charge >= 0.3 is 0 Å². The van der Waals surface area contributed by atoms with E-state index in [9.17, 15) is 14.0 Å². The van der Waals surface area contributed by atoms with Crippen LogP contribution in [0.2, 0.25) is 5.02 Å². The third-order valence-electron chi connectivity index (χ3n) is 2.78. The van der Waals surface area contributed by atoms with Crippen molar-refractivity contribution in [2.75, 3.05) is 13.1 Å². The molecule has 0 unspecified atom stereocenters. The summed E-state index contributed by atoms with van der Waals surface area (Å²) in [4.78, 5) is 27.4. The molecule has 0 aliphatic rings. The monoisotopic (exact) mass is 321 g/mol.